The maximum absolute atomic E-state index is 6.10. The molecular weight excluding hydrogens is 316 g/mol. The molecule has 0 radical (unpaired) electrons. The van der Waals surface area contributed by atoms with Crippen LogP contribution in [0.25, 0.3) is 4.96 Å². The van der Waals surface area contributed by atoms with Gasteiger partial charge in [-0.05, 0) is 38.9 Å². The summed E-state index contributed by atoms with van der Waals surface area (Å²) in [6.45, 7) is 5.83. The molecule has 2 aliphatic rings. The third-order valence-electron chi connectivity index (χ3n) is 4.72. The van der Waals surface area contributed by atoms with Crippen molar-refractivity contribution in [1.82, 2.24) is 19.9 Å². The van der Waals surface area contributed by atoms with Crippen molar-refractivity contribution < 1.29 is 4.74 Å². The molecular formula is C15H22N4OS2. The third-order valence-corrected chi connectivity index (χ3v) is 6.76. The fourth-order valence-electron chi connectivity index (χ4n) is 3.50. The number of nitrogens with one attached hydrogen (secondary N) is 1. The first-order valence-corrected chi connectivity index (χ1v) is 9.89. The summed E-state index contributed by atoms with van der Waals surface area (Å²) in [4.78, 5) is 5.62. The van der Waals surface area contributed by atoms with Gasteiger partial charge in [-0.15, -0.1) is 0 Å². The van der Waals surface area contributed by atoms with Gasteiger partial charge in [0.1, 0.15) is 5.01 Å². The first-order valence-electron chi connectivity index (χ1n) is 7.92. The van der Waals surface area contributed by atoms with E-state index in [4.69, 9.17) is 4.74 Å². The van der Waals surface area contributed by atoms with Crippen molar-refractivity contribution >= 4 is 28.1 Å². The Labute approximate surface area is 138 Å². The summed E-state index contributed by atoms with van der Waals surface area (Å²) in [5, 5.41) is 9.37. The summed E-state index contributed by atoms with van der Waals surface area (Å²) in [6, 6.07) is 0.539. The van der Waals surface area contributed by atoms with E-state index in [1.165, 1.54) is 17.9 Å². The van der Waals surface area contributed by atoms with E-state index in [1.807, 2.05) is 23.2 Å². The van der Waals surface area contributed by atoms with Crippen LogP contribution >= 0.6 is 23.1 Å². The van der Waals surface area contributed by atoms with E-state index in [9.17, 15) is 0 Å². The van der Waals surface area contributed by atoms with Gasteiger partial charge in [0.2, 0.25) is 4.96 Å². The smallest absolute Gasteiger partial charge is 0.212 e. The second-order valence-electron chi connectivity index (χ2n) is 6.36. The summed E-state index contributed by atoms with van der Waals surface area (Å²) in [5.41, 5.74) is 2.42. The van der Waals surface area contributed by atoms with E-state index < -0.39 is 0 Å². The molecule has 0 aliphatic carbocycles. The number of hydrogen-bond acceptors (Lipinski definition) is 6. The van der Waals surface area contributed by atoms with Gasteiger partial charge in [0.05, 0.1) is 17.0 Å². The number of thioether (sulfide) groups is 1. The summed E-state index contributed by atoms with van der Waals surface area (Å²) in [6.07, 6.45) is 3.44. The van der Waals surface area contributed by atoms with E-state index in [0.29, 0.717) is 6.04 Å². The van der Waals surface area contributed by atoms with Crippen molar-refractivity contribution in [1.29, 1.82) is 0 Å². The van der Waals surface area contributed by atoms with E-state index in [-0.39, 0.29) is 5.60 Å². The van der Waals surface area contributed by atoms with Crippen LogP contribution in [0.1, 0.15) is 35.7 Å². The molecule has 1 spiro atoms. The Hall–Kier alpha value is -0.630. The molecule has 0 amide bonds. The lowest BCUT2D eigenvalue weighted by Gasteiger charge is -2.38. The highest BCUT2D eigenvalue weighted by molar-refractivity contribution is 7.99. The zero-order chi connectivity index (χ0) is 15.2. The Balaban J connectivity index is 1.46. The predicted molar refractivity (Wildman–Crippen MR) is 90.8 cm³/mol. The van der Waals surface area contributed by atoms with E-state index >= 15 is 0 Å². The van der Waals surface area contributed by atoms with E-state index in [2.05, 4.69) is 22.3 Å². The van der Waals surface area contributed by atoms with Crippen LogP contribution in [0.4, 0.5) is 0 Å². The van der Waals surface area contributed by atoms with Gasteiger partial charge in [0, 0.05) is 24.9 Å². The van der Waals surface area contributed by atoms with Gasteiger partial charge in [0.15, 0.2) is 0 Å². The lowest BCUT2D eigenvalue weighted by Crippen LogP contribution is -2.47. The molecule has 2 unspecified atom stereocenters. The van der Waals surface area contributed by atoms with Gasteiger partial charge in [-0.2, -0.15) is 16.9 Å². The van der Waals surface area contributed by atoms with Crippen molar-refractivity contribution in [3.8, 4) is 0 Å². The number of rotatable bonds is 3. The summed E-state index contributed by atoms with van der Waals surface area (Å²) in [7, 11) is 0. The van der Waals surface area contributed by atoms with Crippen molar-refractivity contribution in [2.24, 2.45) is 0 Å². The summed E-state index contributed by atoms with van der Waals surface area (Å²) < 4.78 is 8.10. The second-order valence-corrected chi connectivity index (χ2v) is 8.63. The monoisotopic (exact) mass is 338 g/mol. The topological polar surface area (TPSA) is 51.5 Å². The maximum atomic E-state index is 6.10. The molecule has 4 rings (SSSR count). The minimum atomic E-state index is 0.138. The Morgan fingerprint density at radius 2 is 2.36 bits per heavy atom. The lowest BCUT2D eigenvalue weighted by molar-refractivity contribution is -0.0703. The molecule has 7 heteroatoms. The highest BCUT2D eigenvalue weighted by Crippen LogP contribution is 2.38. The molecule has 0 aromatic carbocycles. The molecule has 0 bridgehead atoms. The first kappa shape index (κ1) is 14.9. The number of nitrogens with zero attached hydrogens (tertiary/aromatic N) is 3. The van der Waals surface area contributed by atoms with Crippen LogP contribution < -0.4 is 5.32 Å². The molecule has 4 heterocycles. The van der Waals surface area contributed by atoms with E-state index in [1.54, 1.807) is 11.3 Å². The zero-order valence-electron chi connectivity index (χ0n) is 13.1. The maximum Gasteiger partial charge on any atom is 0.212 e. The van der Waals surface area contributed by atoms with Crippen LogP contribution in [0, 0.1) is 13.8 Å². The quantitative estimate of drug-likeness (QED) is 0.932. The van der Waals surface area contributed by atoms with E-state index in [0.717, 1.165) is 47.4 Å². The number of hydrogen-bond donors (Lipinski definition) is 1. The van der Waals surface area contributed by atoms with Crippen molar-refractivity contribution in [3.05, 3.63) is 16.4 Å². The molecule has 120 valence electrons. The van der Waals surface area contributed by atoms with Crippen molar-refractivity contribution in [3.63, 3.8) is 0 Å². The van der Waals surface area contributed by atoms with Gasteiger partial charge >= 0.3 is 0 Å². The fourth-order valence-corrected chi connectivity index (χ4v) is 5.68. The van der Waals surface area contributed by atoms with Gasteiger partial charge in [-0.3, -0.25) is 0 Å². The molecule has 0 saturated carbocycles. The molecule has 2 fully saturated rings. The Morgan fingerprint density at radius 1 is 1.45 bits per heavy atom. The standard InChI is InChI=1S/C15H22N4OS2/c1-10-13(19-14(17-10)22-11(2)18-19)8-16-12-3-5-20-15(7-12)4-6-21-9-15/h12,16H,3-9H2,1-2H3. The molecule has 2 aromatic heterocycles. The summed E-state index contributed by atoms with van der Waals surface area (Å²) in [5.74, 6) is 2.40. The first-order chi connectivity index (χ1) is 10.7. The van der Waals surface area contributed by atoms with Gasteiger partial charge in [0.25, 0.3) is 0 Å². The van der Waals surface area contributed by atoms with Gasteiger partial charge < -0.3 is 10.1 Å². The predicted octanol–water partition coefficient (Wildman–Crippen LogP) is 2.55. The Kier molecular flexibility index (Phi) is 3.92. The van der Waals surface area contributed by atoms with Gasteiger partial charge in [-0.1, -0.05) is 11.3 Å². The van der Waals surface area contributed by atoms with Crippen LogP contribution in [0.2, 0.25) is 0 Å². The largest absolute Gasteiger partial charge is 0.374 e. The molecule has 2 aliphatic heterocycles. The van der Waals surface area contributed by atoms with Crippen molar-refractivity contribution in [2.75, 3.05) is 18.1 Å². The van der Waals surface area contributed by atoms with Crippen LogP contribution in [-0.2, 0) is 11.3 Å². The fraction of sp³-hybridized carbons (Fsp3) is 0.733. The average Bonchev–Trinajstić information content (AvgIpc) is 3.13. The van der Waals surface area contributed by atoms with Crippen molar-refractivity contribution in [2.45, 2.75) is 51.3 Å². The van der Waals surface area contributed by atoms with Crippen LogP contribution in [0.15, 0.2) is 0 Å². The Morgan fingerprint density at radius 3 is 3.18 bits per heavy atom. The average molecular weight is 339 g/mol. The SMILES string of the molecule is Cc1nn2c(CNC3CCOC4(CCSC4)C3)c(C)nc2s1. The third kappa shape index (κ3) is 2.68. The van der Waals surface area contributed by atoms with Crippen LogP contribution in [0.3, 0.4) is 0 Å². The van der Waals surface area contributed by atoms with Gasteiger partial charge in [-0.25, -0.2) is 9.50 Å². The highest BCUT2D eigenvalue weighted by atomic mass is 32.2. The minimum absolute atomic E-state index is 0.138. The molecule has 5 nitrogen and oxygen atoms in total. The number of ether oxygens (including phenoxy) is 1. The zero-order valence-corrected chi connectivity index (χ0v) is 14.7. The van der Waals surface area contributed by atoms with Crippen LogP contribution in [0.5, 0.6) is 0 Å². The number of fused-ring (bicyclic) bond motifs is 1. The molecule has 22 heavy (non-hydrogen) atoms. The minimum Gasteiger partial charge on any atom is -0.374 e. The number of aryl methyl sites for hydroxylation is 2. The van der Waals surface area contributed by atoms with Crippen LogP contribution in [-0.4, -0.2) is 44.4 Å². The molecule has 2 saturated heterocycles. The highest BCUT2D eigenvalue weighted by Gasteiger charge is 2.40. The lowest BCUT2D eigenvalue weighted by atomic mass is 9.90. The normalized spacial score (nSPS) is 28.9. The molecule has 2 atom stereocenters. The molecule has 1 N–H and O–H groups in total. The molecule has 2 aromatic rings. The number of aromatic nitrogens is 3. The second kappa shape index (κ2) is 5.78. The summed E-state index contributed by atoms with van der Waals surface area (Å²) >= 11 is 3.68. The Bertz CT molecular complexity index is 674. The number of imidazole rings is 1.